The van der Waals surface area contributed by atoms with Gasteiger partial charge in [-0.05, 0) is 40.2 Å². The summed E-state index contributed by atoms with van der Waals surface area (Å²) in [4.78, 5) is 20.4. The zero-order chi connectivity index (χ0) is 17.6. The van der Waals surface area contributed by atoms with Crippen molar-refractivity contribution in [2.24, 2.45) is 0 Å². The lowest BCUT2D eigenvalue weighted by atomic mass is 10.2. The number of hydrogen-bond donors (Lipinski definition) is 4. The average molecular weight is 399 g/mol. The van der Waals surface area contributed by atoms with Crippen LogP contribution in [0.1, 0.15) is 10.4 Å². The molecule has 0 saturated heterocycles. The number of anilines is 4. The van der Waals surface area contributed by atoms with Crippen LogP contribution in [0.25, 0.3) is 0 Å². The molecule has 1 heterocycles. The summed E-state index contributed by atoms with van der Waals surface area (Å²) in [5, 5.41) is 3.10. The van der Waals surface area contributed by atoms with Gasteiger partial charge in [0.2, 0.25) is 0 Å². The molecule has 0 spiro atoms. The second kappa shape index (κ2) is 7.63. The van der Waals surface area contributed by atoms with Gasteiger partial charge in [0.25, 0.3) is 5.91 Å². The molecular weight excluding hydrogens is 384 g/mol. The van der Waals surface area contributed by atoms with E-state index in [-0.39, 0.29) is 5.91 Å². The number of nitrogens with zero attached hydrogens (tertiary/aromatic N) is 2. The first kappa shape index (κ1) is 16.7. The third kappa shape index (κ3) is 4.04. The number of hydrazine groups is 1. The molecule has 8 heteroatoms. The van der Waals surface area contributed by atoms with Gasteiger partial charge in [-0.15, -0.1) is 0 Å². The van der Waals surface area contributed by atoms with Gasteiger partial charge in [0.05, 0.1) is 5.56 Å². The molecule has 7 nitrogen and oxygen atoms in total. The van der Waals surface area contributed by atoms with E-state index in [1.165, 1.54) is 6.33 Å². The van der Waals surface area contributed by atoms with Crippen molar-refractivity contribution < 1.29 is 4.79 Å². The van der Waals surface area contributed by atoms with Crippen molar-refractivity contribution in [3.05, 3.63) is 71.0 Å². The van der Waals surface area contributed by atoms with E-state index < -0.39 is 0 Å². The zero-order valence-electron chi connectivity index (χ0n) is 13.0. The Balaban J connectivity index is 1.72. The van der Waals surface area contributed by atoms with Crippen LogP contribution in [0.5, 0.6) is 0 Å². The molecule has 0 atom stereocenters. The van der Waals surface area contributed by atoms with Gasteiger partial charge in [0.15, 0.2) is 11.6 Å². The number of nitrogen functional groups attached to an aromatic ring is 1. The summed E-state index contributed by atoms with van der Waals surface area (Å²) in [6.07, 6.45) is 1.36. The first-order valence-corrected chi connectivity index (χ1v) is 8.18. The Morgan fingerprint density at radius 2 is 1.64 bits per heavy atom. The molecule has 3 aromatic rings. The summed E-state index contributed by atoms with van der Waals surface area (Å²) >= 11 is 3.34. The summed E-state index contributed by atoms with van der Waals surface area (Å²) in [7, 11) is 0. The molecular formula is C17H15BrN6O. The standard InChI is InChI=1S/C17H15BrN6O/c18-13-9-5-4-8-12(13)17(25)24-23-16-14(19)15(20-10-21-16)22-11-6-2-1-3-7-11/h1-10H,19H2,(H,24,25)(H2,20,21,22,23). The molecule has 0 aliphatic rings. The quantitative estimate of drug-likeness (QED) is 0.491. The van der Waals surface area contributed by atoms with Crippen LogP contribution in [0.4, 0.5) is 23.0 Å². The smallest absolute Gasteiger partial charge is 0.270 e. The maximum absolute atomic E-state index is 12.2. The van der Waals surface area contributed by atoms with Gasteiger partial charge in [0, 0.05) is 10.2 Å². The lowest BCUT2D eigenvalue weighted by molar-refractivity contribution is 0.0962. The van der Waals surface area contributed by atoms with Crippen molar-refractivity contribution in [2.75, 3.05) is 16.5 Å². The van der Waals surface area contributed by atoms with Crippen molar-refractivity contribution >= 4 is 44.8 Å². The third-order valence-electron chi connectivity index (χ3n) is 3.33. The van der Waals surface area contributed by atoms with E-state index in [1.54, 1.807) is 18.2 Å². The number of para-hydroxylation sites is 1. The highest BCUT2D eigenvalue weighted by molar-refractivity contribution is 9.10. The lowest BCUT2D eigenvalue weighted by Crippen LogP contribution is -2.30. The highest BCUT2D eigenvalue weighted by Gasteiger charge is 2.12. The summed E-state index contributed by atoms with van der Waals surface area (Å²) in [5.41, 5.74) is 13.0. The summed E-state index contributed by atoms with van der Waals surface area (Å²) in [6, 6.07) is 16.6. The van der Waals surface area contributed by atoms with Crippen LogP contribution in [-0.4, -0.2) is 15.9 Å². The Kier molecular flexibility index (Phi) is 5.10. The van der Waals surface area contributed by atoms with Crippen LogP contribution in [0.2, 0.25) is 0 Å². The lowest BCUT2D eigenvalue weighted by Gasteiger charge is -2.13. The number of hydrogen-bond acceptors (Lipinski definition) is 6. The molecule has 0 aliphatic heterocycles. The highest BCUT2D eigenvalue weighted by atomic mass is 79.9. The molecule has 3 rings (SSSR count). The minimum absolute atomic E-state index is 0.291. The molecule has 0 bridgehead atoms. The number of carbonyl (C=O) groups is 1. The molecule has 1 amide bonds. The number of rotatable bonds is 5. The minimum Gasteiger partial charge on any atom is -0.393 e. The zero-order valence-corrected chi connectivity index (χ0v) is 14.6. The van der Waals surface area contributed by atoms with Gasteiger partial charge in [0.1, 0.15) is 12.0 Å². The summed E-state index contributed by atoms with van der Waals surface area (Å²) in [6.45, 7) is 0. The topological polar surface area (TPSA) is 105 Å². The van der Waals surface area contributed by atoms with Crippen LogP contribution in [0.15, 0.2) is 65.4 Å². The Morgan fingerprint density at radius 1 is 0.960 bits per heavy atom. The van der Waals surface area contributed by atoms with Gasteiger partial charge in [-0.2, -0.15) is 0 Å². The number of nitrogens with two attached hydrogens (primary N) is 1. The fraction of sp³-hybridized carbons (Fsp3) is 0. The number of amides is 1. The van der Waals surface area contributed by atoms with Crippen molar-refractivity contribution in [3.8, 4) is 0 Å². The number of benzene rings is 2. The molecule has 5 N–H and O–H groups in total. The van der Waals surface area contributed by atoms with E-state index >= 15 is 0 Å². The molecule has 2 aromatic carbocycles. The summed E-state index contributed by atoms with van der Waals surface area (Å²) < 4.78 is 0.691. The number of carbonyl (C=O) groups excluding carboxylic acids is 1. The Labute approximate surface area is 152 Å². The van der Waals surface area contributed by atoms with Crippen molar-refractivity contribution in [2.45, 2.75) is 0 Å². The molecule has 0 aliphatic carbocycles. The molecule has 0 saturated carbocycles. The molecule has 0 fully saturated rings. The maximum atomic E-state index is 12.2. The Morgan fingerprint density at radius 3 is 2.40 bits per heavy atom. The monoisotopic (exact) mass is 398 g/mol. The van der Waals surface area contributed by atoms with Gasteiger partial charge in [-0.25, -0.2) is 9.97 Å². The van der Waals surface area contributed by atoms with Gasteiger partial charge in [-0.1, -0.05) is 30.3 Å². The van der Waals surface area contributed by atoms with E-state index in [0.29, 0.717) is 27.4 Å². The first-order chi connectivity index (χ1) is 12.1. The predicted molar refractivity (Wildman–Crippen MR) is 101 cm³/mol. The average Bonchev–Trinajstić information content (AvgIpc) is 2.63. The highest BCUT2D eigenvalue weighted by Crippen LogP contribution is 2.25. The van der Waals surface area contributed by atoms with E-state index in [4.69, 9.17) is 5.73 Å². The molecule has 1 aromatic heterocycles. The largest absolute Gasteiger partial charge is 0.393 e. The summed E-state index contributed by atoms with van der Waals surface area (Å²) in [5.74, 6) is 0.427. The number of aromatic nitrogens is 2. The fourth-order valence-corrected chi connectivity index (χ4v) is 2.55. The van der Waals surface area contributed by atoms with Crippen molar-refractivity contribution in [1.29, 1.82) is 0 Å². The molecule has 0 radical (unpaired) electrons. The van der Waals surface area contributed by atoms with Gasteiger partial charge in [-0.3, -0.25) is 15.6 Å². The van der Waals surface area contributed by atoms with Crippen LogP contribution in [0.3, 0.4) is 0 Å². The fourth-order valence-electron chi connectivity index (χ4n) is 2.08. The predicted octanol–water partition coefficient (Wildman–Crippen LogP) is 3.32. The Bertz CT molecular complexity index is 887. The number of halogens is 1. The van der Waals surface area contributed by atoms with Crippen LogP contribution in [-0.2, 0) is 0 Å². The van der Waals surface area contributed by atoms with E-state index in [2.05, 4.69) is 42.1 Å². The van der Waals surface area contributed by atoms with Crippen LogP contribution in [0, 0.1) is 0 Å². The van der Waals surface area contributed by atoms with Crippen molar-refractivity contribution in [3.63, 3.8) is 0 Å². The van der Waals surface area contributed by atoms with Gasteiger partial charge < -0.3 is 11.1 Å². The van der Waals surface area contributed by atoms with E-state index in [9.17, 15) is 4.79 Å². The molecule has 25 heavy (non-hydrogen) atoms. The minimum atomic E-state index is -0.317. The Hall–Kier alpha value is -3.13. The SMILES string of the molecule is Nc1c(NNC(=O)c2ccccc2Br)ncnc1Nc1ccccc1. The molecule has 126 valence electrons. The maximum Gasteiger partial charge on any atom is 0.270 e. The van der Waals surface area contributed by atoms with E-state index in [0.717, 1.165) is 5.69 Å². The van der Waals surface area contributed by atoms with Crippen molar-refractivity contribution in [1.82, 2.24) is 15.4 Å². The van der Waals surface area contributed by atoms with Gasteiger partial charge >= 0.3 is 0 Å². The van der Waals surface area contributed by atoms with Crippen LogP contribution >= 0.6 is 15.9 Å². The normalized spacial score (nSPS) is 10.1. The number of nitrogens with one attached hydrogen (secondary N) is 3. The third-order valence-corrected chi connectivity index (χ3v) is 4.02. The second-order valence-corrected chi connectivity index (χ2v) is 5.89. The first-order valence-electron chi connectivity index (χ1n) is 7.38. The molecule has 0 unspecified atom stereocenters. The van der Waals surface area contributed by atoms with Crippen LogP contribution < -0.4 is 21.9 Å². The second-order valence-electron chi connectivity index (χ2n) is 5.03. The van der Waals surface area contributed by atoms with E-state index in [1.807, 2.05) is 36.4 Å².